The summed E-state index contributed by atoms with van der Waals surface area (Å²) in [6.07, 6.45) is 5.29. The Morgan fingerprint density at radius 1 is 1.35 bits per heavy atom. The summed E-state index contributed by atoms with van der Waals surface area (Å²) >= 11 is 0. The fourth-order valence-electron chi connectivity index (χ4n) is 2.52. The number of hydrogen-bond donors (Lipinski definition) is 2. The molecule has 4 heteroatoms. The normalized spacial score (nSPS) is 24.8. The summed E-state index contributed by atoms with van der Waals surface area (Å²) in [7, 11) is 1.88. The van der Waals surface area contributed by atoms with E-state index < -0.39 is 0 Å². The van der Waals surface area contributed by atoms with E-state index in [0.717, 1.165) is 32.1 Å². The summed E-state index contributed by atoms with van der Waals surface area (Å²) in [6, 6.07) is 0.588. The smallest absolute Gasteiger partial charge is 0.317 e. The highest BCUT2D eigenvalue weighted by atomic mass is 16.3. The van der Waals surface area contributed by atoms with Crippen molar-refractivity contribution in [2.24, 2.45) is 5.92 Å². The Morgan fingerprint density at radius 2 is 1.94 bits per heavy atom. The molecule has 0 aromatic heterocycles. The van der Waals surface area contributed by atoms with E-state index in [9.17, 15) is 4.79 Å². The lowest BCUT2D eigenvalue weighted by atomic mass is 9.84. The van der Waals surface area contributed by atoms with Gasteiger partial charge in [-0.2, -0.15) is 0 Å². The molecule has 1 saturated carbocycles. The highest BCUT2D eigenvalue weighted by molar-refractivity contribution is 5.74. The molecule has 0 radical (unpaired) electrons. The summed E-state index contributed by atoms with van der Waals surface area (Å²) in [6.45, 7) is 4.24. The highest BCUT2D eigenvalue weighted by Gasteiger charge is 2.26. The maximum absolute atomic E-state index is 11.8. The van der Waals surface area contributed by atoms with Crippen molar-refractivity contribution in [1.29, 1.82) is 0 Å². The molecule has 0 aliphatic heterocycles. The van der Waals surface area contributed by atoms with Gasteiger partial charge in [-0.25, -0.2) is 4.79 Å². The van der Waals surface area contributed by atoms with Crippen molar-refractivity contribution >= 4 is 6.03 Å². The molecule has 0 unspecified atom stereocenters. The van der Waals surface area contributed by atoms with Crippen molar-refractivity contribution in [3.05, 3.63) is 0 Å². The highest BCUT2D eigenvalue weighted by Crippen LogP contribution is 2.28. The van der Waals surface area contributed by atoms with Crippen LogP contribution < -0.4 is 5.32 Å². The summed E-state index contributed by atoms with van der Waals surface area (Å²) in [5.74, 6) is 0.651. The van der Waals surface area contributed by atoms with Crippen molar-refractivity contribution < 1.29 is 9.90 Å². The standard InChI is InChI=1S/C13H26N2O2/c1-10(2)14-13(17)15(3)12-6-4-11(5-7-12)8-9-16/h10-12,16H,4-9H2,1-3H3,(H,14,17). The minimum atomic E-state index is 0.0330. The number of nitrogens with zero attached hydrogens (tertiary/aromatic N) is 1. The zero-order chi connectivity index (χ0) is 12.8. The lowest BCUT2D eigenvalue weighted by Crippen LogP contribution is -2.47. The summed E-state index contributed by atoms with van der Waals surface area (Å²) in [5.41, 5.74) is 0. The molecule has 2 amide bonds. The summed E-state index contributed by atoms with van der Waals surface area (Å²) in [4.78, 5) is 13.7. The third-order valence-electron chi connectivity index (χ3n) is 3.63. The number of urea groups is 1. The largest absolute Gasteiger partial charge is 0.396 e. The van der Waals surface area contributed by atoms with Crippen molar-refractivity contribution in [1.82, 2.24) is 10.2 Å². The van der Waals surface area contributed by atoms with E-state index in [0.29, 0.717) is 18.6 Å². The van der Waals surface area contributed by atoms with Crippen LogP contribution in [0.1, 0.15) is 46.0 Å². The lowest BCUT2D eigenvalue weighted by Gasteiger charge is -2.35. The molecule has 0 bridgehead atoms. The number of carbonyl (C=O) groups excluding carboxylic acids is 1. The second kappa shape index (κ2) is 6.84. The maximum atomic E-state index is 11.8. The molecular formula is C13H26N2O2. The van der Waals surface area contributed by atoms with E-state index in [1.807, 2.05) is 25.8 Å². The number of carbonyl (C=O) groups is 1. The van der Waals surface area contributed by atoms with Crippen LogP contribution in [0.2, 0.25) is 0 Å². The van der Waals surface area contributed by atoms with Gasteiger partial charge >= 0.3 is 6.03 Å². The van der Waals surface area contributed by atoms with E-state index in [1.165, 1.54) is 0 Å². The van der Waals surface area contributed by atoms with Gasteiger partial charge < -0.3 is 15.3 Å². The fourth-order valence-corrected chi connectivity index (χ4v) is 2.52. The summed E-state index contributed by atoms with van der Waals surface area (Å²) in [5, 5.41) is 11.8. The molecular weight excluding hydrogens is 216 g/mol. The maximum Gasteiger partial charge on any atom is 0.317 e. The second-order valence-corrected chi connectivity index (χ2v) is 5.40. The van der Waals surface area contributed by atoms with Gasteiger partial charge in [0, 0.05) is 25.7 Å². The molecule has 1 aliphatic carbocycles. The average molecular weight is 242 g/mol. The van der Waals surface area contributed by atoms with Gasteiger partial charge in [0.1, 0.15) is 0 Å². The number of amides is 2. The van der Waals surface area contributed by atoms with Gasteiger partial charge in [0.25, 0.3) is 0 Å². The van der Waals surface area contributed by atoms with E-state index in [4.69, 9.17) is 5.11 Å². The predicted octanol–water partition coefficient (Wildman–Crippen LogP) is 1.98. The van der Waals surface area contributed by atoms with Gasteiger partial charge in [-0.1, -0.05) is 0 Å². The van der Waals surface area contributed by atoms with Crippen LogP contribution in [0.15, 0.2) is 0 Å². The first-order valence-corrected chi connectivity index (χ1v) is 6.68. The second-order valence-electron chi connectivity index (χ2n) is 5.40. The van der Waals surface area contributed by atoms with E-state index in [2.05, 4.69) is 5.32 Å². The van der Waals surface area contributed by atoms with Gasteiger partial charge in [-0.05, 0) is 51.9 Å². The number of aliphatic hydroxyl groups excluding tert-OH is 1. The third kappa shape index (κ3) is 4.54. The average Bonchev–Trinajstić information content (AvgIpc) is 2.28. The SMILES string of the molecule is CC(C)NC(=O)N(C)C1CCC(CCO)CC1. The first kappa shape index (κ1) is 14.3. The number of aliphatic hydroxyl groups is 1. The molecule has 0 heterocycles. The Hall–Kier alpha value is -0.770. The van der Waals surface area contributed by atoms with Crippen LogP contribution in [0.3, 0.4) is 0 Å². The summed E-state index contributed by atoms with van der Waals surface area (Å²) < 4.78 is 0. The van der Waals surface area contributed by atoms with Crippen molar-refractivity contribution in [3.8, 4) is 0 Å². The number of rotatable bonds is 4. The van der Waals surface area contributed by atoms with E-state index in [-0.39, 0.29) is 12.1 Å². The molecule has 0 atom stereocenters. The topological polar surface area (TPSA) is 52.6 Å². The zero-order valence-electron chi connectivity index (χ0n) is 11.3. The molecule has 4 nitrogen and oxygen atoms in total. The van der Waals surface area contributed by atoms with Gasteiger partial charge in [0.05, 0.1) is 0 Å². The van der Waals surface area contributed by atoms with Gasteiger partial charge in [0.2, 0.25) is 0 Å². The molecule has 1 fully saturated rings. The van der Waals surface area contributed by atoms with Crippen molar-refractivity contribution in [2.75, 3.05) is 13.7 Å². The third-order valence-corrected chi connectivity index (χ3v) is 3.63. The van der Waals surface area contributed by atoms with Crippen LogP contribution in [0.5, 0.6) is 0 Å². The van der Waals surface area contributed by atoms with Crippen LogP contribution in [-0.4, -0.2) is 41.8 Å². The molecule has 1 rings (SSSR count). The molecule has 2 N–H and O–H groups in total. The molecule has 0 saturated heterocycles. The lowest BCUT2D eigenvalue weighted by molar-refractivity contribution is 0.149. The first-order valence-electron chi connectivity index (χ1n) is 6.68. The minimum Gasteiger partial charge on any atom is -0.396 e. The van der Waals surface area contributed by atoms with Crippen molar-refractivity contribution in [3.63, 3.8) is 0 Å². The van der Waals surface area contributed by atoms with Crippen LogP contribution in [0, 0.1) is 5.92 Å². The number of nitrogens with one attached hydrogen (secondary N) is 1. The Labute approximate surface area is 104 Å². The molecule has 1 aliphatic rings. The molecule has 17 heavy (non-hydrogen) atoms. The molecule has 0 spiro atoms. The minimum absolute atomic E-state index is 0.0330. The Bertz CT molecular complexity index is 236. The number of hydrogen-bond acceptors (Lipinski definition) is 2. The van der Waals surface area contributed by atoms with Crippen LogP contribution in [0.4, 0.5) is 4.79 Å². The molecule has 0 aromatic carbocycles. The fraction of sp³-hybridized carbons (Fsp3) is 0.923. The van der Waals surface area contributed by atoms with Crippen LogP contribution in [-0.2, 0) is 0 Å². The first-order chi connectivity index (χ1) is 8.04. The van der Waals surface area contributed by atoms with Crippen LogP contribution in [0.25, 0.3) is 0 Å². The van der Waals surface area contributed by atoms with Gasteiger partial charge in [-0.3, -0.25) is 0 Å². The monoisotopic (exact) mass is 242 g/mol. The van der Waals surface area contributed by atoms with E-state index >= 15 is 0 Å². The molecule has 100 valence electrons. The Kier molecular flexibility index (Phi) is 5.75. The Morgan fingerprint density at radius 3 is 2.41 bits per heavy atom. The van der Waals surface area contributed by atoms with E-state index in [1.54, 1.807) is 0 Å². The van der Waals surface area contributed by atoms with Gasteiger partial charge in [0.15, 0.2) is 0 Å². The molecule has 0 aromatic rings. The zero-order valence-corrected chi connectivity index (χ0v) is 11.3. The quantitative estimate of drug-likeness (QED) is 0.792. The predicted molar refractivity (Wildman–Crippen MR) is 68.9 cm³/mol. The van der Waals surface area contributed by atoms with Gasteiger partial charge in [-0.15, -0.1) is 0 Å². The Balaban J connectivity index is 2.35. The van der Waals surface area contributed by atoms with Crippen LogP contribution >= 0.6 is 0 Å². The van der Waals surface area contributed by atoms with Crippen molar-refractivity contribution in [2.45, 2.75) is 58.0 Å².